The number of nitrogens with one attached hydrogen (secondary N) is 1. The summed E-state index contributed by atoms with van der Waals surface area (Å²) in [7, 11) is 3.86. The van der Waals surface area contributed by atoms with Crippen LogP contribution >= 0.6 is 0 Å². The molecule has 0 aliphatic rings. The Morgan fingerprint density at radius 1 is 1.39 bits per heavy atom. The van der Waals surface area contributed by atoms with Gasteiger partial charge < -0.3 is 16.0 Å². The minimum absolute atomic E-state index is 0.141. The molecule has 0 saturated heterocycles. The molecular formula is C13H25N5. The van der Waals surface area contributed by atoms with Gasteiger partial charge in [-0.3, -0.25) is 0 Å². The number of hydrogen-bond acceptors (Lipinski definition) is 5. The van der Waals surface area contributed by atoms with Gasteiger partial charge in [-0.25, -0.2) is 4.98 Å². The van der Waals surface area contributed by atoms with Gasteiger partial charge in [0, 0.05) is 26.3 Å². The van der Waals surface area contributed by atoms with Crippen molar-refractivity contribution in [3.05, 3.63) is 12.3 Å². The molecule has 0 aliphatic heterocycles. The smallest absolute Gasteiger partial charge is 0.226 e. The molecule has 102 valence electrons. The largest absolute Gasteiger partial charge is 0.367 e. The van der Waals surface area contributed by atoms with Gasteiger partial charge in [-0.05, 0) is 24.4 Å². The number of hydrogen-bond donors (Lipinski definition) is 2. The molecule has 3 N–H and O–H groups in total. The maximum atomic E-state index is 5.68. The number of nitrogens with zero attached hydrogens (tertiary/aromatic N) is 3. The van der Waals surface area contributed by atoms with Crippen molar-refractivity contribution in [2.45, 2.75) is 33.2 Å². The summed E-state index contributed by atoms with van der Waals surface area (Å²) in [6, 6.07) is 2.19. The summed E-state index contributed by atoms with van der Waals surface area (Å²) in [5.74, 6) is 1.56. The highest BCUT2D eigenvalue weighted by molar-refractivity contribution is 5.41. The van der Waals surface area contributed by atoms with Crippen LogP contribution in [0, 0.1) is 5.41 Å². The molecule has 0 bridgehead atoms. The summed E-state index contributed by atoms with van der Waals surface area (Å²) in [5.41, 5.74) is 5.82. The molecule has 1 aromatic rings. The van der Waals surface area contributed by atoms with Gasteiger partial charge in [0.1, 0.15) is 5.82 Å². The number of aromatic nitrogens is 2. The maximum absolute atomic E-state index is 5.68. The van der Waals surface area contributed by atoms with Crippen molar-refractivity contribution >= 4 is 11.8 Å². The fraction of sp³-hybridized carbons (Fsp3) is 0.692. The lowest BCUT2D eigenvalue weighted by Crippen LogP contribution is -2.36. The summed E-state index contributed by atoms with van der Waals surface area (Å²) in [6.45, 7) is 7.28. The Bertz CT molecular complexity index is 370. The molecule has 0 fully saturated rings. The molecule has 1 aromatic heterocycles. The van der Waals surface area contributed by atoms with E-state index < -0.39 is 0 Å². The Hall–Kier alpha value is -1.36. The lowest BCUT2D eigenvalue weighted by molar-refractivity contribution is 0.328. The van der Waals surface area contributed by atoms with Crippen molar-refractivity contribution in [1.82, 2.24) is 9.97 Å². The molecule has 0 saturated carbocycles. The molecule has 1 unspecified atom stereocenters. The molecule has 0 spiro atoms. The van der Waals surface area contributed by atoms with Gasteiger partial charge in [0.15, 0.2) is 0 Å². The van der Waals surface area contributed by atoms with Crippen LogP contribution in [0.1, 0.15) is 27.2 Å². The first-order chi connectivity index (χ1) is 8.34. The van der Waals surface area contributed by atoms with Crippen molar-refractivity contribution in [2.75, 3.05) is 30.9 Å². The zero-order valence-electron chi connectivity index (χ0n) is 12.1. The van der Waals surface area contributed by atoms with Gasteiger partial charge >= 0.3 is 0 Å². The second-order valence-electron chi connectivity index (χ2n) is 5.78. The molecule has 1 rings (SSSR count). The van der Waals surface area contributed by atoms with Crippen LogP contribution in [0.5, 0.6) is 0 Å². The van der Waals surface area contributed by atoms with E-state index >= 15 is 0 Å². The Balaban J connectivity index is 2.84. The maximum Gasteiger partial charge on any atom is 0.226 e. The van der Waals surface area contributed by atoms with Crippen LogP contribution in [0.25, 0.3) is 0 Å². The van der Waals surface area contributed by atoms with E-state index in [0.29, 0.717) is 18.5 Å². The summed E-state index contributed by atoms with van der Waals surface area (Å²) < 4.78 is 0. The van der Waals surface area contributed by atoms with E-state index in [-0.39, 0.29) is 5.41 Å². The topological polar surface area (TPSA) is 67.1 Å². The average molecular weight is 251 g/mol. The summed E-state index contributed by atoms with van der Waals surface area (Å²) in [4.78, 5) is 10.6. The molecule has 0 aromatic carbocycles. The third-order valence-electron chi connectivity index (χ3n) is 2.87. The van der Waals surface area contributed by atoms with Crippen molar-refractivity contribution in [3.63, 3.8) is 0 Å². The summed E-state index contributed by atoms with van der Waals surface area (Å²) >= 11 is 0. The zero-order chi connectivity index (χ0) is 13.8. The average Bonchev–Trinajstić information content (AvgIpc) is 2.27. The van der Waals surface area contributed by atoms with E-state index in [4.69, 9.17) is 5.73 Å². The minimum Gasteiger partial charge on any atom is -0.367 e. The summed E-state index contributed by atoms with van der Waals surface area (Å²) in [6.07, 6.45) is 2.69. The van der Waals surface area contributed by atoms with Crippen LogP contribution in [0.3, 0.4) is 0 Å². The Morgan fingerprint density at radius 3 is 2.56 bits per heavy atom. The fourth-order valence-electron chi connectivity index (χ4n) is 1.71. The quantitative estimate of drug-likeness (QED) is 0.834. The van der Waals surface area contributed by atoms with Crippen LogP contribution in [0.2, 0.25) is 0 Å². The van der Waals surface area contributed by atoms with Gasteiger partial charge in [-0.1, -0.05) is 20.8 Å². The predicted octanol–water partition coefficient (Wildman–Crippen LogP) is 1.72. The first-order valence-electron chi connectivity index (χ1n) is 6.31. The Kier molecular flexibility index (Phi) is 4.90. The predicted molar refractivity (Wildman–Crippen MR) is 76.9 cm³/mol. The van der Waals surface area contributed by atoms with E-state index in [9.17, 15) is 0 Å². The van der Waals surface area contributed by atoms with Gasteiger partial charge in [-0.2, -0.15) is 4.98 Å². The van der Waals surface area contributed by atoms with E-state index in [1.165, 1.54) is 0 Å². The van der Waals surface area contributed by atoms with Gasteiger partial charge in [0.25, 0.3) is 0 Å². The molecule has 1 atom stereocenters. The van der Waals surface area contributed by atoms with E-state index in [1.807, 2.05) is 25.1 Å². The lowest BCUT2D eigenvalue weighted by Gasteiger charge is -2.31. The van der Waals surface area contributed by atoms with Crippen LogP contribution in [0.15, 0.2) is 12.3 Å². The van der Waals surface area contributed by atoms with Gasteiger partial charge in [-0.15, -0.1) is 0 Å². The molecule has 0 aliphatic carbocycles. The van der Waals surface area contributed by atoms with E-state index in [2.05, 4.69) is 36.1 Å². The highest BCUT2D eigenvalue weighted by Crippen LogP contribution is 2.24. The first-order valence-corrected chi connectivity index (χ1v) is 6.31. The Labute approximate surface area is 110 Å². The van der Waals surface area contributed by atoms with Crippen molar-refractivity contribution in [1.29, 1.82) is 0 Å². The number of nitrogens with two attached hydrogens (primary N) is 1. The van der Waals surface area contributed by atoms with Gasteiger partial charge in [0.05, 0.1) is 0 Å². The van der Waals surface area contributed by atoms with Crippen molar-refractivity contribution < 1.29 is 0 Å². The third kappa shape index (κ3) is 4.14. The lowest BCUT2D eigenvalue weighted by atomic mass is 9.85. The first kappa shape index (κ1) is 14.7. The fourth-order valence-corrected chi connectivity index (χ4v) is 1.71. The van der Waals surface area contributed by atoms with Crippen LogP contribution in [0.4, 0.5) is 11.8 Å². The van der Waals surface area contributed by atoms with Crippen molar-refractivity contribution in [2.24, 2.45) is 11.1 Å². The normalized spacial score (nSPS) is 13.2. The van der Waals surface area contributed by atoms with Crippen LogP contribution in [-0.4, -0.2) is 36.6 Å². The molecule has 18 heavy (non-hydrogen) atoms. The number of rotatable bonds is 5. The standard InChI is InChI=1S/C13H25N5/c1-13(2,3)10(6-8-14)16-11-7-9-15-12(17-11)18(4)5/h7,9-10H,6,8,14H2,1-5H3,(H,15,16,17). The monoisotopic (exact) mass is 251 g/mol. The molecule has 5 heteroatoms. The van der Waals surface area contributed by atoms with Crippen molar-refractivity contribution in [3.8, 4) is 0 Å². The highest BCUT2D eigenvalue weighted by Gasteiger charge is 2.24. The van der Waals surface area contributed by atoms with Crippen LogP contribution < -0.4 is 16.0 Å². The third-order valence-corrected chi connectivity index (χ3v) is 2.87. The molecule has 5 nitrogen and oxygen atoms in total. The molecule has 1 heterocycles. The van der Waals surface area contributed by atoms with E-state index in [0.717, 1.165) is 12.2 Å². The Morgan fingerprint density at radius 2 is 2.06 bits per heavy atom. The zero-order valence-corrected chi connectivity index (χ0v) is 12.1. The summed E-state index contributed by atoms with van der Waals surface area (Å²) in [5, 5.41) is 3.46. The SMILES string of the molecule is CN(C)c1nccc(NC(CCN)C(C)(C)C)n1. The molecule has 0 amide bonds. The number of anilines is 2. The second kappa shape index (κ2) is 6.00. The second-order valence-corrected chi connectivity index (χ2v) is 5.78. The van der Waals surface area contributed by atoms with Crippen LogP contribution in [-0.2, 0) is 0 Å². The molecular weight excluding hydrogens is 226 g/mol. The molecule has 0 radical (unpaired) electrons. The highest BCUT2D eigenvalue weighted by atomic mass is 15.2. The van der Waals surface area contributed by atoms with E-state index in [1.54, 1.807) is 6.20 Å². The van der Waals surface area contributed by atoms with Gasteiger partial charge in [0.2, 0.25) is 5.95 Å². The minimum atomic E-state index is 0.141.